The molecule has 1 saturated heterocycles. The molecule has 0 unspecified atom stereocenters. The Morgan fingerprint density at radius 3 is 2.74 bits per heavy atom. The molecule has 0 bridgehead atoms. The second-order valence-electron chi connectivity index (χ2n) is 5.12. The molecular weight excluding hydrogens is 264 g/mol. The zero-order valence-corrected chi connectivity index (χ0v) is 11.3. The van der Waals surface area contributed by atoms with Crippen molar-refractivity contribution in [1.82, 2.24) is 9.29 Å². The highest BCUT2D eigenvalue weighted by molar-refractivity contribution is 7.89. The monoisotopic (exact) mass is 278 g/mol. The Hall–Kier alpha value is -1.50. The molecule has 0 amide bonds. The fourth-order valence-electron chi connectivity index (χ4n) is 2.34. The predicted octanol–water partition coefficient (Wildman–Crippen LogP) is 0.990. The lowest BCUT2D eigenvalue weighted by Crippen LogP contribution is -2.61. The third-order valence-corrected chi connectivity index (χ3v) is 5.14. The minimum atomic E-state index is -3.55. The van der Waals surface area contributed by atoms with E-state index in [9.17, 15) is 13.5 Å². The molecule has 5 nitrogen and oxygen atoms in total. The van der Waals surface area contributed by atoms with E-state index in [1.807, 2.05) is 6.07 Å². The SMILES string of the molecule is CC1(O)CN(S(=O)(=O)c2cccc3cnccc23)C1. The number of nitrogens with zero attached hydrogens (tertiary/aromatic N) is 2. The van der Waals surface area contributed by atoms with Gasteiger partial charge in [0.2, 0.25) is 10.0 Å². The molecule has 3 rings (SSSR count). The van der Waals surface area contributed by atoms with Crippen LogP contribution in [0.25, 0.3) is 10.8 Å². The van der Waals surface area contributed by atoms with Gasteiger partial charge in [0, 0.05) is 36.3 Å². The summed E-state index contributed by atoms with van der Waals surface area (Å²) in [7, 11) is -3.55. The quantitative estimate of drug-likeness (QED) is 0.889. The van der Waals surface area contributed by atoms with Gasteiger partial charge in [-0.15, -0.1) is 0 Å². The summed E-state index contributed by atoms with van der Waals surface area (Å²) in [6.45, 7) is 1.90. The molecule has 2 heterocycles. The number of aromatic nitrogens is 1. The Bertz CT molecular complexity index is 727. The first-order valence-corrected chi connectivity index (χ1v) is 7.39. The van der Waals surface area contributed by atoms with Crippen molar-refractivity contribution in [2.75, 3.05) is 13.1 Å². The summed E-state index contributed by atoms with van der Waals surface area (Å²) < 4.78 is 26.3. The average molecular weight is 278 g/mol. The number of sulfonamides is 1. The number of aliphatic hydroxyl groups is 1. The van der Waals surface area contributed by atoms with E-state index in [-0.39, 0.29) is 18.0 Å². The Labute approximate surface area is 111 Å². The maximum Gasteiger partial charge on any atom is 0.243 e. The van der Waals surface area contributed by atoms with E-state index >= 15 is 0 Å². The third-order valence-electron chi connectivity index (χ3n) is 3.29. The van der Waals surface area contributed by atoms with Gasteiger partial charge in [-0.3, -0.25) is 4.98 Å². The summed E-state index contributed by atoms with van der Waals surface area (Å²) in [6, 6.07) is 6.81. The van der Waals surface area contributed by atoms with Gasteiger partial charge in [0.25, 0.3) is 0 Å². The van der Waals surface area contributed by atoms with Gasteiger partial charge in [-0.1, -0.05) is 12.1 Å². The van der Waals surface area contributed by atoms with Crippen LogP contribution in [0.5, 0.6) is 0 Å². The highest BCUT2D eigenvalue weighted by Gasteiger charge is 2.44. The maximum atomic E-state index is 12.5. The zero-order valence-electron chi connectivity index (χ0n) is 10.4. The molecule has 2 aromatic rings. The second kappa shape index (κ2) is 4.00. The molecule has 6 heteroatoms. The first-order chi connectivity index (χ1) is 8.90. The van der Waals surface area contributed by atoms with Crippen molar-refractivity contribution < 1.29 is 13.5 Å². The van der Waals surface area contributed by atoms with Gasteiger partial charge in [-0.2, -0.15) is 4.31 Å². The molecule has 1 N–H and O–H groups in total. The van der Waals surface area contributed by atoms with Crippen LogP contribution in [0.15, 0.2) is 41.6 Å². The fraction of sp³-hybridized carbons (Fsp3) is 0.308. The molecule has 0 spiro atoms. The van der Waals surface area contributed by atoms with Crippen LogP contribution in [0, 0.1) is 0 Å². The summed E-state index contributed by atoms with van der Waals surface area (Å²) in [4.78, 5) is 4.26. The van der Waals surface area contributed by atoms with Crippen LogP contribution in [0.1, 0.15) is 6.92 Å². The van der Waals surface area contributed by atoms with Gasteiger partial charge in [-0.05, 0) is 19.1 Å². The van der Waals surface area contributed by atoms with Gasteiger partial charge in [0.1, 0.15) is 0 Å². The topological polar surface area (TPSA) is 70.5 Å². The van der Waals surface area contributed by atoms with Gasteiger partial charge >= 0.3 is 0 Å². The van der Waals surface area contributed by atoms with E-state index in [1.165, 1.54) is 4.31 Å². The lowest BCUT2D eigenvalue weighted by Gasteiger charge is -2.42. The summed E-state index contributed by atoms with van der Waals surface area (Å²) in [5, 5.41) is 11.1. The number of β-amino-alcohol motifs (C(OH)–C–C–N with tert-alkyl or cyclic N) is 1. The largest absolute Gasteiger partial charge is 0.387 e. The number of rotatable bonds is 2. The fourth-order valence-corrected chi connectivity index (χ4v) is 4.23. The molecule has 0 aliphatic carbocycles. The Balaban J connectivity index is 2.10. The molecular formula is C13H14N2O3S. The van der Waals surface area contributed by atoms with Crippen molar-refractivity contribution in [3.05, 3.63) is 36.7 Å². The number of benzene rings is 1. The van der Waals surface area contributed by atoms with Gasteiger partial charge in [-0.25, -0.2) is 8.42 Å². The molecule has 1 fully saturated rings. The van der Waals surface area contributed by atoms with E-state index in [0.717, 1.165) is 5.39 Å². The van der Waals surface area contributed by atoms with Gasteiger partial charge < -0.3 is 5.11 Å². The summed E-state index contributed by atoms with van der Waals surface area (Å²) >= 11 is 0. The highest BCUT2D eigenvalue weighted by atomic mass is 32.2. The van der Waals surface area contributed by atoms with Gasteiger partial charge in [0.15, 0.2) is 0 Å². The molecule has 19 heavy (non-hydrogen) atoms. The molecule has 1 aliphatic rings. The van der Waals surface area contributed by atoms with E-state index in [4.69, 9.17) is 0 Å². The first kappa shape index (κ1) is 12.5. The van der Waals surface area contributed by atoms with Crippen molar-refractivity contribution in [1.29, 1.82) is 0 Å². The van der Waals surface area contributed by atoms with Crippen molar-refractivity contribution in [2.24, 2.45) is 0 Å². The Kier molecular flexibility index (Phi) is 2.63. The molecule has 0 saturated carbocycles. The number of hydrogen-bond acceptors (Lipinski definition) is 4. The van der Waals surface area contributed by atoms with Crippen molar-refractivity contribution >= 4 is 20.8 Å². The van der Waals surface area contributed by atoms with Crippen LogP contribution in [-0.4, -0.2) is 41.5 Å². The number of fused-ring (bicyclic) bond motifs is 1. The molecule has 1 aromatic heterocycles. The van der Waals surface area contributed by atoms with Crippen LogP contribution in [-0.2, 0) is 10.0 Å². The lowest BCUT2D eigenvalue weighted by atomic mass is 10.0. The normalized spacial score (nSPS) is 19.3. The zero-order chi connectivity index (χ0) is 13.7. The van der Waals surface area contributed by atoms with Crippen LogP contribution in [0.4, 0.5) is 0 Å². The van der Waals surface area contributed by atoms with Crippen molar-refractivity contribution in [3.63, 3.8) is 0 Å². The molecule has 0 radical (unpaired) electrons. The second-order valence-corrected chi connectivity index (χ2v) is 7.03. The van der Waals surface area contributed by atoms with Crippen molar-refractivity contribution in [3.8, 4) is 0 Å². The molecule has 100 valence electrons. The minimum Gasteiger partial charge on any atom is -0.387 e. The van der Waals surface area contributed by atoms with Crippen LogP contribution < -0.4 is 0 Å². The van der Waals surface area contributed by atoms with E-state index in [1.54, 1.807) is 37.5 Å². The smallest absolute Gasteiger partial charge is 0.243 e. The summed E-state index contributed by atoms with van der Waals surface area (Å²) in [6.07, 6.45) is 3.22. The highest BCUT2D eigenvalue weighted by Crippen LogP contribution is 2.31. The lowest BCUT2D eigenvalue weighted by molar-refractivity contribution is -0.0426. The summed E-state index contributed by atoms with van der Waals surface area (Å²) in [5.74, 6) is 0. The van der Waals surface area contributed by atoms with E-state index in [2.05, 4.69) is 4.98 Å². The van der Waals surface area contributed by atoms with E-state index in [0.29, 0.717) is 5.39 Å². The molecule has 0 atom stereocenters. The number of hydrogen-bond donors (Lipinski definition) is 1. The van der Waals surface area contributed by atoms with E-state index < -0.39 is 15.6 Å². The number of pyridine rings is 1. The van der Waals surface area contributed by atoms with Crippen LogP contribution >= 0.6 is 0 Å². The third kappa shape index (κ3) is 2.01. The Morgan fingerprint density at radius 1 is 1.32 bits per heavy atom. The predicted molar refractivity (Wildman–Crippen MR) is 71.1 cm³/mol. The van der Waals surface area contributed by atoms with Gasteiger partial charge in [0.05, 0.1) is 10.5 Å². The summed E-state index contributed by atoms with van der Waals surface area (Å²) in [5.41, 5.74) is -0.917. The molecule has 1 aromatic carbocycles. The Morgan fingerprint density at radius 2 is 2.05 bits per heavy atom. The standard InChI is InChI=1S/C13H14N2O3S/c1-13(16)8-15(9-13)19(17,18)12-4-2-3-10-7-14-6-5-11(10)12/h2-7,16H,8-9H2,1H3. The minimum absolute atomic E-state index is 0.136. The average Bonchev–Trinajstić information content (AvgIpc) is 2.35. The van der Waals surface area contributed by atoms with Crippen LogP contribution in [0.2, 0.25) is 0 Å². The van der Waals surface area contributed by atoms with Crippen molar-refractivity contribution in [2.45, 2.75) is 17.4 Å². The van der Waals surface area contributed by atoms with Crippen LogP contribution in [0.3, 0.4) is 0 Å². The molecule has 1 aliphatic heterocycles. The maximum absolute atomic E-state index is 12.5. The first-order valence-electron chi connectivity index (χ1n) is 5.95.